The summed E-state index contributed by atoms with van der Waals surface area (Å²) in [6, 6.07) is 9.27. The summed E-state index contributed by atoms with van der Waals surface area (Å²) < 4.78 is 52.8. The van der Waals surface area contributed by atoms with Crippen LogP contribution in [0.25, 0.3) is 33.1 Å². The van der Waals surface area contributed by atoms with Crippen molar-refractivity contribution in [3.05, 3.63) is 42.1 Å². The Labute approximate surface area is 186 Å². The fraction of sp³-hybridized carbons (Fsp3) is 0.261. The normalized spacial score (nSPS) is 11.9. The van der Waals surface area contributed by atoms with E-state index in [-0.39, 0.29) is 11.7 Å². The number of carbonyl (C=O) groups is 1. The van der Waals surface area contributed by atoms with Crippen LogP contribution in [0.2, 0.25) is 0 Å². The van der Waals surface area contributed by atoms with Gasteiger partial charge in [0.2, 0.25) is 0 Å². The van der Waals surface area contributed by atoms with Crippen molar-refractivity contribution in [2.45, 2.75) is 25.9 Å². The van der Waals surface area contributed by atoms with Crippen LogP contribution in [0.5, 0.6) is 17.2 Å². The molecule has 0 saturated carbocycles. The molecule has 0 spiro atoms. The average Bonchev–Trinajstić information content (AvgIpc) is 3.22. The Morgan fingerprint density at radius 1 is 1.00 bits per heavy atom. The summed E-state index contributed by atoms with van der Waals surface area (Å²) in [7, 11) is 3.07. The SMILES string of the molecule is COc1cc2c(-c3ccc(OC(=O)C(F)(F)F)cc3)nc3[nH]nc(C(C)C)c3c2cc1OC. The predicted molar refractivity (Wildman–Crippen MR) is 116 cm³/mol. The van der Waals surface area contributed by atoms with Gasteiger partial charge in [-0.2, -0.15) is 18.3 Å². The van der Waals surface area contributed by atoms with Crippen molar-refractivity contribution >= 4 is 27.8 Å². The lowest BCUT2D eigenvalue weighted by atomic mass is 9.97. The van der Waals surface area contributed by atoms with E-state index >= 15 is 0 Å². The lowest BCUT2D eigenvalue weighted by Gasteiger charge is -2.14. The molecule has 0 bridgehead atoms. The molecule has 10 heteroatoms. The van der Waals surface area contributed by atoms with Crippen LogP contribution >= 0.6 is 0 Å². The topological polar surface area (TPSA) is 86.3 Å². The largest absolute Gasteiger partial charge is 0.493 e. The van der Waals surface area contributed by atoms with Gasteiger partial charge in [-0.25, -0.2) is 9.78 Å². The smallest absolute Gasteiger partial charge is 0.491 e. The number of alkyl halides is 3. The second-order valence-electron chi connectivity index (χ2n) is 7.61. The van der Waals surface area contributed by atoms with Crippen LogP contribution in [-0.2, 0) is 4.79 Å². The highest BCUT2D eigenvalue weighted by atomic mass is 19.4. The molecule has 0 aliphatic carbocycles. The molecule has 0 amide bonds. The van der Waals surface area contributed by atoms with E-state index in [1.165, 1.54) is 31.4 Å². The first-order valence-electron chi connectivity index (χ1n) is 9.97. The van der Waals surface area contributed by atoms with Gasteiger partial charge in [-0.3, -0.25) is 5.10 Å². The number of aromatic amines is 1. The summed E-state index contributed by atoms with van der Waals surface area (Å²) in [4.78, 5) is 15.8. The number of halogens is 3. The number of hydrogen-bond acceptors (Lipinski definition) is 6. The van der Waals surface area contributed by atoms with Gasteiger partial charge in [0.05, 0.1) is 31.0 Å². The van der Waals surface area contributed by atoms with Gasteiger partial charge >= 0.3 is 12.1 Å². The van der Waals surface area contributed by atoms with Crippen molar-refractivity contribution in [1.82, 2.24) is 15.2 Å². The first-order valence-corrected chi connectivity index (χ1v) is 9.97. The Morgan fingerprint density at radius 2 is 1.61 bits per heavy atom. The van der Waals surface area contributed by atoms with E-state index < -0.39 is 12.1 Å². The zero-order valence-electron chi connectivity index (χ0n) is 18.2. The van der Waals surface area contributed by atoms with Crippen LogP contribution in [0.1, 0.15) is 25.5 Å². The number of rotatable bonds is 5. The number of ether oxygens (including phenoxy) is 3. The minimum absolute atomic E-state index is 0.130. The molecule has 1 N–H and O–H groups in total. The van der Waals surface area contributed by atoms with Crippen molar-refractivity contribution in [2.24, 2.45) is 0 Å². The quantitative estimate of drug-likeness (QED) is 0.318. The van der Waals surface area contributed by atoms with Gasteiger partial charge in [-0.15, -0.1) is 0 Å². The molecule has 0 aliphatic rings. The minimum atomic E-state index is -5.08. The highest BCUT2D eigenvalue weighted by Crippen LogP contribution is 2.41. The molecule has 2 aromatic heterocycles. The van der Waals surface area contributed by atoms with Gasteiger partial charge in [0.1, 0.15) is 5.75 Å². The number of hydrogen-bond donors (Lipinski definition) is 1. The van der Waals surface area contributed by atoms with E-state index in [0.29, 0.717) is 28.4 Å². The van der Waals surface area contributed by atoms with Gasteiger partial charge in [0, 0.05) is 16.3 Å². The van der Waals surface area contributed by atoms with Crippen LogP contribution in [0.15, 0.2) is 36.4 Å². The lowest BCUT2D eigenvalue weighted by molar-refractivity contribution is -0.189. The fourth-order valence-electron chi connectivity index (χ4n) is 3.63. The van der Waals surface area contributed by atoms with Crippen LogP contribution in [0.4, 0.5) is 13.2 Å². The summed E-state index contributed by atoms with van der Waals surface area (Å²) in [5, 5.41) is 9.81. The highest BCUT2D eigenvalue weighted by molar-refractivity contribution is 6.12. The number of pyridine rings is 1. The molecule has 0 radical (unpaired) electrons. The van der Waals surface area contributed by atoms with Crippen LogP contribution in [-0.4, -0.2) is 41.5 Å². The third-order valence-electron chi connectivity index (χ3n) is 5.16. The summed E-state index contributed by atoms with van der Waals surface area (Å²) >= 11 is 0. The Kier molecular flexibility index (Phi) is 5.61. The molecule has 2 heterocycles. The molecular weight excluding hydrogens is 439 g/mol. The molecular formula is C23H20F3N3O4. The number of methoxy groups -OCH3 is 2. The molecule has 7 nitrogen and oxygen atoms in total. The standard InChI is InChI=1S/C23H20F3N3O4/c1-11(2)19-18-14-9-16(31-3)17(32-4)10-15(14)20(27-21(18)29-28-19)12-5-7-13(8-6-12)33-22(30)23(24,25)26/h5-11H,1-4H3,(H,27,28,29). The van der Waals surface area contributed by atoms with Gasteiger partial charge in [-0.05, 0) is 42.3 Å². The number of aromatic nitrogens is 3. The van der Waals surface area contributed by atoms with Crippen molar-refractivity contribution in [3.8, 4) is 28.5 Å². The third-order valence-corrected chi connectivity index (χ3v) is 5.16. The van der Waals surface area contributed by atoms with Crippen molar-refractivity contribution in [3.63, 3.8) is 0 Å². The fourth-order valence-corrected chi connectivity index (χ4v) is 3.63. The van der Waals surface area contributed by atoms with E-state index in [1.807, 2.05) is 19.9 Å². The molecule has 0 unspecified atom stereocenters. The van der Waals surface area contributed by atoms with E-state index in [9.17, 15) is 18.0 Å². The third kappa shape index (κ3) is 4.04. The lowest BCUT2D eigenvalue weighted by Crippen LogP contribution is -2.27. The summed E-state index contributed by atoms with van der Waals surface area (Å²) in [5.74, 6) is -1.35. The minimum Gasteiger partial charge on any atom is -0.493 e. The zero-order valence-corrected chi connectivity index (χ0v) is 18.2. The molecule has 0 atom stereocenters. The van der Waals surface area contributed by atoms with Gasteiger partial charge in [0.25, 0.3) is 0 Å². The van der Waals surface area contributed by atoms with Crippen LogP contribution in [0, 0.1) is 0 Å². The Balaban J connectivity index is 1.91. The Morgan fingerprint density at radius 3 is 2.15 bits per heavy atom. The average molecular weight is 459 g/mol. The number of fused-ring (bicyclic) bond motifs is 3. The van der Waals surface area contributed by atoms with Gasteiger partial charge < -0.3 is 14.2 Å². The van der Waals surface area contributed by atoms with Crippen molar-refractivity contribution in [2.75, 3.05) is 14.2 Å². The first-order chi connectivity index (χ1) is 15.6. The highest BCUT2D eigenvalue weighted by Gasteiger charge is 2.41. The monoisotopic (exact) mass is 459 g/mol. The number of benzene rings is 2. The number of carbonyl (C=O) groups excluding carboxylic acids is 1. The van der Waals surface area contributed by atoms with Crippen molar-refractivity contribution < 1.29 is 32.2 Å². The molecule has 4 aromatic rings. The maximum Gasteiger partial charge on any atom is 0.491 e. The second-order valence-corrected chi connectivity index (χ2v) is 7.61. The molecule has 0 aliphatic heterocycles. The molecule has 0 fully saturated rings. The Bertz CT molecular complexity index is 1350. The maximum absolute atomic E-state index is 12.5. The second kappa shape index (κ2) is 8.27. The predicted octanol–water partition coefficient (Wildman–Crippen LogP) is 5.39. The summed E-state index contributed by atoms with van der Waals surface area (Å²) in [6.07, 6.45) is -5.08. The molecule has 4 rings (SSSR count). The number of nitrogens with zero attached hydrogens (tertiary/aromatic N) is 2. The maximum atomic E-state index is 12.5. The number of esters is 1. The first kappa shape index (κ1) is 22.4. The van der Waals surface area contributed by atoms with Gasteiger partial charge in [-0.1, -0.05) is 13.8 Å². The zero-order chi connectivity index (χ0) is 23.9. The number of nitrogens with one attached hydrogen (secondary N) is 1. The number of H-pyrrole nitrogens is 1. The van der Waals surface area contributed by atoms with E-state index in [4.69, 9.17) is 14.5 Å². The summed E-state index contributed by atoms with van der Waals surface area (Å²) in [6.45, 7) is 4.05. The van der Waals surface area contributed by atoms with Crippen LogP contribution < -0.4 is 14.2 Å². The van der Waals surface area contributed by atoms with E-state index in [2.05, 4.69) is 14.9 Å². The Hall–Kier alpha value is -3.82. The van der Waals surface area contributed by atoms with Crippen molar-refractivity contribution in [1.29, 1.82) is 0 Å². The van der Waals surface area contributed by atoms with Crippen LogP contribution in [0.3, 0.4) is 0 Å². The molecule has 0 saturated heterocycles. The summed E-state index contributed by atoms with van der Waals surface area (Å²) in [5.41, 5.74) is 2.55. The van der Waals surface area contributed by atoms with E-state index in [0.717, 1.165) is 21.9 Å². The van der Waals surface area contributed by atoms with Gasteiger partial charge in [0.15, 0.2) is 17.1 Å². The molecule has 2 aromatic carbocycles. The van der Waals surface area contributed by atoms with E-state index in [1.54, 1.807) is 13.2 Å². The molecule has 33 heavy (non-hydrogen) atoms. The molecule has 172 valence electrons.